The van der Waals surface area contributed by atoms with Gasteiger partial charge in [-0.05, 0) is 54.4 Å². The molecule has 0 saturated heterocycles. The first-order valence-corrected chi connectivity index (χ1v) is 9.16. The Balaban J connectivity index is 1.84. The first-order valence-electron chi connectivity index (χ1n) is 9.16. The standard InChI is InChI=1S/C23H23N3O2/c1-15(24)16-10-11-20-19(13-16)25-14-26(20)18-7-4-6-17(12-18)23-21(27-2)8-5-9-22(23)28-3/h4-15H,24H2,1-3H3. The van der Waals surface area contributed by atoms with E-state index in [2.05, 4.69) is 39.9 Å². The number of ether oxygens (including phenoxy) is 2. The molecule has 1 heterocycles. The predicted molar refractivity (Wildman–Crippen MR) is 112 cm³/mol. The average Bonchev–Trinajstić information content (AvgIpc) is 3.16. The van der Waals surface area contributed by atoms with Crippen molar-refractivity contribution in [2.45, 2.75) is 13.0 Å². The molecule has 1 aromatic heterocycles. The van der Waals surface area contributed by atoms with Gasteiger partial charge in [-0.15, -0.1) is 0 Å². The number of imidazole rings is 1. The fraction of sp³-hybridized carbons (Fsp3) is 0.174. The number of aromatic nitrogens is 2. The molecule has 28 heavy (non-hydrogen) atoms. The van der Waals surface area contributed by atoms with E-state index in [1.807, 2.05) is 43.6 Å². The van der Waals surface area contributed by atoms with Gasteiger partial charge in [0.25, 0.3) is 0 Å². The van der Waals surface area contributed by atoms with E-state index in [4.69, 9.17) is 15.2 Å². The molecule has 4 aromatic rings. The predicted octanol–water partition coefficient (Wildman–Crippen LogP) is 4.73. The summed E-state index contributed by atoms with van der Waals surface area (Å²) in [5, 5.41) is 0. The van der Waals surface area contributed by atoms with Crippen LogP contribution < -0.4 is 15.2 Å². The molecule has 3 aromatic carbocycles. The van der Waals surface area contributed by atoms with Crippen LogP contribution in [0.5, 0.6) is 11.5 Å². The third kappa shape index (κ3) is 3.10. The van der Waals surface area contributed by atoms with E-state index in [9.17, 15) is 0 Å². The maximum Gasteiger partial charge on any atom is 0.130 e. The highest BCUT2D eigenvalue weighted by atomic mass is 16.5. The maximum absolute atomic E-state index is 6.00. The van der Waals surface area contributed by atoms with Gasteiger partial charge in [0.15, 0.2) is 0 Å². The van der Waals surface area contributed by atoms with Crippen LogP contribution in [0.4, 0.5) is 0 Å². The van der Waals surface area contributed by atoms with Crippen LogP contribution in [0.2, 0.25) is 0 Å². The number of hydrogen-bond acceptors (Lipinski definition) is 4. The van der Waals surface area contributed by atoms with Crippen LogP contribution in [-0.2, 0) is 0 Å². The normalized spacial score (nSPS) is 12.1. The second-order valence-electron chi connectivity index (χ2n) is 6.74. The zero-order valence-corrected chi connectivity index (χ0v) is 16.2. The van der Waals surface area contributed by atoms with Crippen LogP contribution in [0.25, 0.3) is 27.8 Å². The Morgan fingerprint density at radius 3 is 2.32 bits per heavy atom. The third-order valence-corrected chi connectivity index (χ3v) is 4.94. The molecule has 2 N–H and O–H groups in total. The van der Waals surface area contributed by atoms with Crippen molar-refractivity contribution < 1.29 is 9.47 Å². The van der Waals surface area contributed by atoms with Crippen molar-refractivity contribution in [3.8, 4) is 28.3 Å². The Morgan fingerprint density at radius 1 is 0.929 bits per heavy atom. The van der Waals surface area contributed by atoms with E-state index in [1.165, 1.54) is 0 Å². The number of benzene rings is 3. The summed E-state index contributed by atoms with van der Waals surface area (Å²) in [6.07, 6.45) is 1.84. The van der Waals surface area contributed by atoms with Gasteiger partial charge < -0.3 is 15.2 Å². The van der Waals surface area contributed by atoms with Crippen LogP contribution in [-0.4, -0.2) is 23.8 Å². The lowest BCUT2D eigenvalue weighted by Crippen LogP contribution is -2.04. The Hall–Kier alpha value is -3.31. The lowest BCUT2D eigenvalue weighted by atomic mass is 10.0. The molecule has 0 aliphatic carbocycles. The topological polar surface area (TPSA) is 62.3 Å². The van der Waals surface area contributed by atoms with Crippen LogP contribution in [0, 0.1) is 0 Å². The van der Waals surface area contributed by atoms with Crippen LogP contribution in [0.3, 0.4) is 0 Å². The minimum absolute atomic E-state index is 0.0177. The summed E-state index contributed by atoms with van der Waals surface area (Å²) in [7, 11) is 3.34. The maximum atomic E-state index is 6.00. The van der Waals surface area contributed by atoms with Gasteiger partial charge >= 0.3 is 0 Å². The average molecular weight is 373 g/mol. The van der Waals surface area contributed by atoms with Crippen molar-refractivity contribution in [2.75, 3.05) is 14.2 Å². The number of methoxy groups -OCH3 is 2. The summed E-state index contributed by atoms with van der Waals surface area (Å²) in [5.74, 6) is 1.54. The van der Waals surface area contributed by atoms with E-state index < -0.39 is 0 Å². The van der Waals surface area contributed by atoms with Crippen LogP contribution >= 0.6 is 0 Å². The molecule has 0 spiro atoms. The Bertz CT molecular complexity index is 1110. The molecule has 0 aliphatic heterocycles. The number of fused-ring (bicyclic) bond motifs is 1. The van der Waals surface area contributed by atoms with E-state index in [0.29, 0.717) is 0 Å². The zero-order chi connectivity index (χ0) is 19.7. The largest absolute Gasteiger partial charge is 0.496 e. The Labute approximate surface area is 164 Å². The highest BCUT2D eigenvalue weighted by Crippen LogP contribution is 2.39. The number of hydrogen-bond donors (Lipinski definition) is 1. The summed E-state index contributed by atoms with van der Waals surface area (Å²) in [6.45, 7) is 1.97. The van der Waals surface area contributed by atoms with Gasteiger partial charge in [-0.25, -0.2) is 4.98 Å². The number of rotatable bonds is 5. The van der Waals surface area contributed by atoms with E-state index >= 15 is 0 Å². The first-order chi connectivity index (χ1) is 13.6. The lowest BCUT2D eigenvalue weighted by molar-refractivity contribution is 0.397. The Kier molecular flexibility index (Phi) is 4.75. The molecule has 5 heteroatoms. The summed E-state index contributed by atoms with van der Waals surface area (Å²) >= 11 is 0. The fourth-order valence-corrected chi connectivity index (χ4v) is 3.47. The summed E-state index contributed by atoms with van der Waals surface area (Å²) in [4.78, 5) is 4.57. The molecule has 0 radical (unpaired) electrons. The zero-order valence-electron chi connectivity index (χ0n) is 16.2. The van der Waals surface area contributed by atoms with Crippen molar-refractivity contribution in [2.24, 2.45) is 5.73 Å². The van der Waals surface area contributed by atoms with E-state index in [-0.39, 0.29) is 6.04 Å². The molecule has 0 bridgehead atoms. The van der Waals surface area contributed by atoms with E-state index in [0.717, 1.165) is 44.9 Å². The fourth-order valence-electron chi connectivity index (χ4n) is 3.47. The minimum atomic E-state index is -0.0177. The van der Waals surface area contributed by atoms with Gasteiger partial charge in [-0.3, -0.25) is 4.57 Å². The van der Waals surface area contributed by atoms with Crippen molar-refractivity contribution in [3.05, 3.63) is 72.6 Å². The molecule has 1 unspecified atom stereocenters. The molecule has 0 saturated carbocycles. The molecule has 0 fully saturated rings. The molecular formula is C23H23N3O2. The van der Waals surface area contributed by atoms with Gasteiger partial charge in [-0.2, -0.15) is 0 Å². The number of nitrogens with zero attached hydrogens (tertiary/aromatic N) is 2. The lowest BCUT2D eigenvalue weighted by Gasteiger charge is -2.14. The van der Waals surface area contributed by atoms with Gasteiger partial charge in [0.2, 0.25) is 0 Å². The van der Waals surface area contributed by atoms with Crippen molar-refractivity contribution in [1.29, 1.82) is 0 Å². The second kappa shape index (κ2) is 7.37. The van der Waals surface area contributed by atoms with Gasteiger partial charge in [-0.1, -0.05) is 24.3 Å². The van der Waals surface area contributed by atoms with Crippen LogP contribution in [0.15, 0.2) is 67.0 Å². The third-order valence-electron chi connectivity index (χ3n) is 4.94. The Morgan fingerprint density at radius 2 is 1.64 bits per heavy atom. The van der Waals surface area contributed by atoms with Gasteiger partial charge in [0.1, 0.15) is 17.8 Å². The van der Waals surface area contributed by atoms with Crippen molar-refractivity contribution in [1.82, 2.24) is 9.55 Å². The minimum Gasteiger partial charge on any atom is -0.496 e. The quantitative estimate of drug-likeness (QED) is 0.549. The molecule has 1 atom stereocenters. The summed E-state index contributed by atoms with van der Waals surface area (Å²) in [6, 6.07) is 20.2. The number of nitrogens with two attached hydrogens (primary N) is 1. The highest BCUT2D eigenvalue weighted by Gasteiger charge is 2.14. The van der Waals surface area contributed by atoms with Crippen LogP contribution in [0.1, 0.15) is 18.5 Å². The monoisotopic (exact) mass is 373 g/mol. The van der Waals surface area contributed by atoms with Gasteiger partial charge in [0.05, 0.1) is 30.8 Å². The van der Waals surface area contributed by atoms with Gasteiger partial charge in [0, 0.05) is 11.7 Å². The smallest absolute Gasteiger partial charge is 0.130 e. The van der Waals surface area contributed by atoms with E-state index in [1.54, 1.807) is 14.2 Å². The van der Waals surface area contributed by atoms with Crippen molar-refractivity contribution in [3.63, 3.8) is 0 Å². The first kappa shape index (κ1) is 18.1. The molecule has 4 rings (SSSR count). The van der Waals surface area contributed by atoms with Crippen molar-refractivity contribution >= 4 is 11.0 Å². The summed E-state index contributed by atoms with van der Waals surface area (Å²) < 4.78 is 13.2. The molecule has 0 amide bonds. The molecular weight excluding hydrogens is 350 g/mol. The molecule has 0 aliphatic rings. The second-order valence-corrected chi connectivity index (χ2v) is 6.74. The SMILES string of the molecule is COc1cccc(OC)c1-c1cccc(-n2cnc3cc(C(C)N)ccc32)c1. The summed E-state index contributed by atoms with van der Waals surface area (Å²) in [5.41, 5.74) is 12.0. The highest BCUT2D eigenvalue weighted by molar-refractivity contribution is 5.81. The molecule has 142 valence electrons. The molecule has 5 nitrogen and oxygen atoms in total.